The molecule has 0 radical (unpaired) electrons. The summed E-state index contributed by atoms with van der Waals surface area (Å²) < 4.78 is 76.5. The van der Waals surface area contributed by atoms with Crippen molar-refractivity contribution in [3.63, 3.8) is 0 Å². The second-order valence-corrected chi connectivity index (χ2v) is 11.9. The summed E-state index contributed by atoms with van der Waals surface area (Å²) in [6.45, 7) is 0.176. The summed E-state index contributed by atoms with van der Waals surface area (Å²) in [5.41, 5.74) is 2.52. The third-order valence-electron chi connectivity index (χ3n) is 6.99. The number of hydrogen-bond acceptors (Lipinski definition) is 6. The lowest BCUT2D eigenvalue weighted by Crippen LogP contribution is -2.48. The molecule has 45 heavy (non-hydrogen) atoms. The van der Waals surface area contributed by atoms with Crippen LogP contribution < -0.4 is 19.1 Å². The van der Waals surface area contributed by atoms with Crippen LogP contribution in [0.15, 0.2) is 102 Å². The highest BCUT2D eigenvalue weighted by molar-refractivity contribution is 7.93. The van der Waals surface area contributed by atoms with Crippen molar-refractivity contribution in [1.29, 1.82) is 0 Å². The number of sulfonamides is 1. The molecule has 1 amide bonds. The molecule has 234 valence electrons. The van der Waals surface area contributed by atoms with E-state index < -0.39 is 40.1 Å². The number of aliphatic carboxylic acids is 1. The maximum atomic E-state index is 13.9. The van der Waals surface area contributed by atoms with Crippen molar-refractivity contribution < 1.29 is 45.8 Å². The number of fused-ring (bicyclic) bond motifs is 1. The number of carbonyl (C=O) groups excluding carboxylic acids is 1. The Hall–Kier alpha value is -5.04. The topological polar surface area (TPSA) is 122 Å². The van der Waals surface area contributed by atoms with E-state index in [1.807, 2.05) is 0 Å². The maximum Gasteiger partial charge on any atom is 0.573 e. The summed E-state index contributed by atoms with van der Waals surface area (Å²) in [5, 5.41) is 11.6. The first-order valence-corrected chi connectivity index (χ1v) is 15.1. The van der Waals surface area contributed by atoms with Crippen molar-refractivity contribution >= 4 is 27.6 Å². The van der Waals surface area contributed by atoms with Gasteiger partial charge in [0.2, 0.25) is 5.91 Å². The van der Waals surface area contributed by atoms with Gasteiger partial charge in [0, 0.05) is 6.42 Å². The predicted molar refractivity (Wildman–Crippen MR) is 158 cm³/mol. The average molecular weight is 641 g/mol. The van der Waals surface area contributed by atoms with Crippen molar-refractivity contribution in [1.82, 2.24) is 5.32 Å². The predicted octanol–water partition coefficient (Wildman–Crippen LogP) is 5.19. The van der Waals surface area contributed by atoms with E-state index >= 15 is 0 Å². The van der Waals surface area contributed by atoms with Crippen LogP contribution in [0.3, 0.4) is 0 Å². The number of carboxylic acid groups (broad SMARTS) is 1. The number of hydrogen-bond donors (Lipinski definition) is 2. The zero-order valence-electron chi connectivity index (χ0n) is 23.5. The van der Waals surface area contributed by atoms with Gasteiger partial charge in [-0.3, -0.25) is 13.9 Å². The number of carbonyl (C=O) groups is 2. The second-order valence-electron chi connectivity index (χ2n) is 10.1. The van der Waals surface area contributed by atoms with Gasteiger partial charge in [-0.05, 0) is 64.7 Å². The Labute approximate surface area is 256 Å². The first-order chi connectivity index (χ1) is 21.4. The molecule has 0 saturated carbocycles. The number of halogens is 3. The molecule has 0 unspecified atom stereocenters. The van der Waals surface area contributed by atoms with Gasteiger partial charge in [0.15, 0.2) is 0 Å². The summed E-state index contributed by atoms with van der Waals surface area (Å²) in [4.78, 5) is 24.1. The Bertz CT molecular complexity index is 1790. The largest absolute Gasteiger partial charge is 0.573 e. The minimum Gasteiger partial charge on any atom is -0.492 e. The molecule has 1 heterocycles. The van der Waals surface area contributed by atoms with Gasteiger partial charge in [-0.1, -0.05) is 54.6 Å². The number of alkyl halides is 3. The van der Waals surface area contributed by atoms with Crippen molar-refractivity contribution in [3.8, 4) is 22.6 Å². The van der Waals surface area contributed by atoms with E-state index in [9.17, 15) is 31.2 Å². The average Bonchev–Trinajstić information content (AvgIpc) is 3.40. The molecule has 0 aliphatic carbocycles. The van der Waals surface area contributed by atoms with Crippen LogP contribution in [0.4, 0.5) is 18.9 Å². The molecule has 0 aromatic heterocycles. The monoisotopic (exact) mass is 640 g/mol. The number of amides is 1. The Kier molecular flexibility index (Phi) is 9.00. The third kappa shape index (κ3) is 7.55. The van der Waals surface area contributed by atoms with Crippen LogP contribution >= 0.6 is 0 Å². The fourth-order valence-corrected chi connectivity index (χ4v) is 6.65. The molecule has 9 nitrogen and oxygen atoms in total. The smallest absolute Gasteiger partial charge is 0.492 e. The number of nitrogens with zero attached hydrogens (tertiary/aromatic N) is 1. The highest BCUT2D eigenvalue weighted by Gasteiger charge is 2.42. The lowest BCUT2D eigenvalue weighted by Gasteiger charge is -2.26. The van der Waals surface area contributed by atoms with Gasteiger partial charge in [-0.15, -0.1) is 13.2 Å². The third-order valence-corrected chi connectivity index (χ3v) is 8.83. The summed E-state index contributed by atoms with van der Waals surface area (Å²) in [6, 6.07) is 23.2. The summed E-state index contributed by atoms with van der Waals surface area (Å²) >= 11 is 0. The first-order valence-electron chi connectivity index (χ1n) is 13.7. The molecule has 1 aliphatic heterocycles. The Balaban J connectivity index is 1.29. The minimum atomic E-state index is -4.85. The number of benzene rings is 4. The second kappa shape index (κ2) is 12.9. The molecular weight excluding hydrogens is 613 g/mol. The van der Waals surface area contributed by atoms with Crippen LogP contribution in [-0.2, 0) is 32.5 Å². The summed E-state index contributed by atoms with van der Waals surface area (Å²) in [6.07, 6.45) is -4.81. The lowest BCUT2D eigenvalue weighted by molar-refractivity contribution is -0.274. The molecule has 4 aromatic rings. The van der Waals surface area contributed by atoms with Crippen LogP contribution in [0.5, 0.6) is 11.5 Å². The van der Waals surface area contributed by atoms with Crippen LogP contribution in [0.1, 0.15) is 11.1 Å². The molecule has 4 aromatic carbocycles. The standard InChI is InChI=1S/C32H27F3N2O7S/c33-32(34,35)44-26-6-3-5-23(19-26)22-10-14-27(15-11-22)45(41,42)37-28-7-2-1-4-24(28)20-29(37)31(40)36-16-17-43-25-12-8-21(9-13-25)18-30(38)39/h1-15,19,29H,16-18,20H2,(H,36,40)(H,38,39)/t29-/m0/s1. The highest BCUT2D eigenvalue weighted by Crippen LogP contribution is 2.37. The van der Waals surface area contributed by atoms with Gasteiger partial charge in [0.25, 0.3) is 10.0 Å². The number of para-hydroxylation sites is 1. The van der Waals surface area contributed by atoms with E-state index in [1.54, 1.807) is 54.6 Å². The van der Waals surface area contributed by atoms with Gasteiger partial charge >= 0.3 is 12.3 Å². The molecule has 0 fully saturated rings. The maximum absolute atomic E-state index is 13.9. The first kappa shape index (κ1) is 31.4. The van der Waals surface area contributed by atoms with E-state index in [0.717, 1.165) is 4.31 Å². The molecular formula is C32H27F3N2O7S. The van der Waals surface area contributed by atoms with Gasteiger partial charge in [-0.25, -0.2) is 8.42 Å². The van der Waals surface area contributed by atoms with Crippen molar-refractivity contribution in [2.24, 2.45) is 0 Å². The molecule has 2 N–H and O–H groups in total. The number of carboxylic acids is 1. The minimum absolute atomic E-state index is 0.0856. The van der Waals surface area contributed by atoms with Gasteiger partial charge < -0.3 is 19.9 Å². The molecule has 0 spiro atoms. The molecule has 13 heteroatoms. The van der Waals surface area contributed by atoms with Crippen molar-refractivity contribution in [2.75, 3.05) is 17.5 Å². The summed E-state index contributed by atoms with van der Waals surface area (Å²) in [5.74, 6) is -1.39. The van der Waals surface area contributed by atoms with Crippen LogP contribution in [0.25, 0.3) is 11.1 Å². The quantitative estimate of drug-likeness (QED) is 0.216. The molecule has 0 saturated heterocycles. The Morgan fingerprint density at radius 1 is 0.889 bits per heavy atom. The Morgan fingerprint density at radius 2 is 1.60 bits per heavy atom. The molecule has 1 aliphatic rings. The summed E-state index contributed by atoms with van der Waals surface area (Å²) in [7, 11) is -4.24. The highest BCUT2D eigenvalue weighted by atomic mass is 32.2. The number of nitrogens with one attached hydrogen (secondary N) is 1. The SMILES string of the molecule is O=C(O)Cc1ccc(OCCNC(=O)[C@@H]2Cc3ccccc3N2S(=O)(=O)c2ccc(-c3cccc(OC(F)(F)F)c3)cc2)cc1. The van der Waals surface area contributed by atoms with Crippen LogP contribution in [0.2, 0.25) is 0 Å². The molecule has 5 rings (SSSR count). The van der Waals surface area contributed by atoms with E-state index in [2.05, 4.69) is 10.1 Å². The zero-order chi connectivity index (χ0) is 32.2. The molecule has 1 atom stereocenters. The van der Waals surface area contributed by atoms with Crippen molar-refractivity contribution in [2.45, 2.75) is 30.1 Å². The normalized spacial score (nSPS) is 14.5. The van der Waals surface area contributed by atoms with Crippen molar-refractivity contribution in [3.05, 3.63) is 108 Å². The van der Waals surface area contributed by atoms with E-state index in [4.69, 9.17) is 9.84 Å². The van der Waals surface area contributed by atoms with Gasteiger partial charge in [0.1, 0.15) is 24.1 Å². The van der Waals surface area contributed by atoms with Crippen LogP contribution in [0, 0.1) is 0 Å². The van der Waals surface area contributed by atoms with Crippen LogP contribution in [-0.4, -0.2) is 51.0 Å². The van der Waals surface area contributed by atoms with E-state index in [1.165, 1.54) is 42.5 Å². The van der Waals surface area contributed by atoms with E-state index in [0.29, 0.717) is 33.7 Å². The number of rotatable bonds is 11. The lowest BCUT2D eigenvalue weighted by atomic mass is 10.1. The van der Waals surface area contributed by atoms with E-state index in [-0.39, 0.29) is 30.9 Å². The zero-order valence-corrected chi connectivity index (χ0v) is 24.3. The number of ether oxygens (including phenoxy) is 2. The van der Waals surface area contributed by atoms with Gasteiger partial charge in [-0.2, -0.15) is 0 Å². The fraction of sp³-hybridized carbons (Fsp3) is 0.188. The Morgan fingerprint density at radius 3 is 2.29 bits per heavy atom. The molecule has 0 bridgehead atoms. The number of anilines is 1. The van der Waals surface area contributed by atoms with Gasteiger partial charge in [0.05, 0.1) is 23.5 Å². The fourth-order valence-electron chi connectivity index (χ4n) is 5.00.